The van der Waals surface area contributed by atoms with Gasteiger partial charge in [-0.3, -0.25) is 0 Å². The van der Waals surface area contributed by atoms with Gasteiger partial charge in [0.1, 0.15) is 5.82 Å². The van der Waals surface area contributed by atoms with E-state index >= 15 is 0 Å². The first kappa shape index (κ1) is 11.7. The van der Waals surface area contributed by atoms with Gasteiger partial charge >= 0.3 is 40.5 Å². The fourth-order valence-corrected chi connectivity index (χ4v) is 0.606. The third-order valence-electron chi connectivity index (χ3n) is 0.980. The molecule has 0 saturated heterocycles. The molecular formula is C7H7Br2FZn. The summed E-state index contributed by atoms with van der Waals surface area (Å²) in [7, 11) is 0. The van der Waals surface area contributed by atoms with E-state index < -0.39 is 0 Å². The van der Waals surface area contributed by atoms with E-state index in [9.17, 15) is 4.39 Å². The maximum atomic E-state index is 12.2. The summed E-state index contributed by atoms with van der Waals surface area (Å²) in [6.45, 7) is 1.86. The molecule has 0 spiro atoms. The minimum atomic E-state index is -0.250. The summed E-state index contributed by atoms with van der Waals surface area (Å²) in [5, 5.41) is 0. The molecule has 0 radical (unpaired) electrons. The van der Waals surface area contributed by atoms with Gasteiger partial charge in [-0.05, 0) is 24.6 Å². The number of hydrogen-bond donors (Lipinski definition) is 0. The van der Waals surface area contributed by atoms with Crippen LogP contribution in [0.3, 0.4) is 0 Å². The van der Waals surface area contributed by atoms with Crippen molar-refractivity contribution in [2.45, 2.75) is 6.92 Å². The van der Waals surface area contributed by atoms with Crippen LogP contribution in [0.4, 0.5) is 4.39 Å². The van der Waals surface area contributed by atoms with Crippen LogP contribution in [-0.2, 0) is 13.2 Å². The molecule has 0 atom stereocenters. The van der Waals surface area contributed by atoms with Crippen molar-refractivity contribution in [2.75, 3.05) is 0 Å². The summed E-state index contributed by atoms with van der Waals surface area (Å²) in [5.41, 5.74) is 0.963. The van der Waals surface area contributed by atoms with E-state index in [4.69, 9.17) is 0 Å². The van der Waals surface area contributed by atoms with Gasteiger partial charge in [0.25, 0.3) is 0 Å². The number of halogens is 3. The van der Waals surface area contributed by atoms with Gasteiger partial charge in [0, 0.05) is 0 Å². The predicted molar refractivity (Wildman–Crippen MR) is 49.0 cm³/mol. The Hall–Kier alpha value is 0.733. The molecule has 1 aromatic rings. The molecule has 0 unspecified atom stereocenters. The molecule has 0 saturated carbocycles. The van der Waals surface area contributed by atoms with Gasteiger partial charge in [-0.25, -0.2) is 4.39 Å². The molecule has 4 heteroatoms. The van der Waals surface area contributed by atoms with Crippen LogP contribution >= 0.6 is 27.2 Å². The van der Waals surface area contributed by atoms with Crippen molar-refractivity contribution < 1.29 is 17.6 Å². The van der Waals surface area contributed by atoms with Crippen molar-refractivity contribution in [3.05, 3.63) is 35.6 Å². The van der Waals surface area contributed by atoms with Gasteiger partial charge in [-0.2, -0.15) is 0 Å². The summed E-state index contributed by atoms with van der Waals surface area (Å²) in [6, 6.07) is 6.50. The van der Waals surface area contributed by atoms with Crippen LogP contribution in [0.1, 0.15) is 5.56 Å². The van der Waals surface area contributed by atoms with Gasteiger partial charge in [0.2, 0.25) is 0 Å². The normalized spacial score (nSPS) is 7.64. The zero-order valence-electron chi connectivity index (χ0n) is 6.15. The van der Waals surface area contributed by atoms with Crippen molar-refractivity contribution in [3.8, 4) is 0 Å². The van der Waals surface area contributed by atoms with Crippen molar-refractivity contribution in [3.63, 3.8) is 0 Å². The van der Waals surface area contributed by atoms with Crippen molar-refractivity contribution in [1.82, 2.24) is 0 Å². The molecule has 1 rings (SSSR count). The van der Waals surface area contributed by atoms with E-state index in [1.165, 1.54) is 12.1 Å². The van der Waals surface area contributed by atoms with Gasteiger partial charge in [0.05, 0.1) is 0 Å². The van der Waals surface area contributed by atoms with Gasteiger partial charge in [-0.15, -0.1) is 0 Å². The Balaban J connectivity index is 0.000000292. The molecule has 0 aromatic heterocycles. The first-order chi connectivity index (χ1) is 5.20. The molecule has 0 aliphatic heterocycles. The number of hydrogen-bond acceptors (Lipinski definition) is 0. The van der Waals surface area contributed by atoms with Crippen LogP contribution in [0, 0.1) is 12.7 Å². The summed E-state index contributed by atoms with van der Waals surface area (Å²) < 4.78 is 12.2. The van der Waals surface area contributed by atoms with E-state index in [0.717, 1.165) is 5.56 Å². The fourth-order valence-electron chi connectivity index (χ4n) is 0.606. The zero-order chi connectivity index (χ0) is 8.69. The molecule has 0 aliphatic rings. The molecule has 11 heavy (non-hydrogen) atoms. The number of aryl methyl sites for hydroxylation is 1. The second-order valence-corrected chi connectivity index (χ2v) is 16.0. The topological polar surface area (TPSA) is 0 Å². The Morgan fingerprint density at radius 1 is 1.36 bits per heavy atom. The average Bonchev–Trinajstić information content (AvgIpc) is 1.88. The van der Waals surface area contributed by atoms with Crippen LogP contribution in [-0.4, -0.2) is 0 Å². The maximum absolute atomic E-state index is 12.2. The summed E-state index contributed by atoms with van der Waals surface area (Å²) in [4.78, 5) is 0. The second-order valence-electron chi connectivity index (χ2n) is 1.90. The molecule has 0 nitrogen and oxygen atoms in total. The number of benzene rings is 1. The Morgan fingerprint density at radius 3 is 2.18 bits per heavy atom. The van der Waals surface area contributed by atoms with Crippen LogP contribution in [0.5, 0.6) is 0 Å². The molecular weight excluding hydrogens is 328 g/mol. The second kappa shape index (κ2) is 7.39. The molecule has 0 amide bonds. The summed E-state index contributed by atoms with van der Waals surface area (Å²) >= 11 is 6.25. The Labute approximate surface area is 86.9 Å². The van der Waals surface area contributed by atoms with Crippen molar-refractivity contribution in [2.24, 2.45) is 0 Å². The zero-order valence-corrected chi connectivity index (χ0v) is 12.3. The molecule has 0 bridgehead atoms. The fraction of sp³-hybridized carbons (Fsp3) is 0.143. The van der Waals surface area contributed by atoms with E-state index in [2.05, 4.69) is 27.2 Å². The standard InChI is InChI=1S/C7H7F.2BrH.Zn/c1-6-3-2-4-7(8)5-6;;;/h2-5H,1H3;2*1H;/q;;;+2/p-2. The van der Waals surface area contributed by atoms with Crippen molar-refractivity contribution in [1.29, 1.82) is 0 Å². The summed E-state index contributed by atoms with van der Waals surface area (Å²) in [6.07, 6.45) is 0. The molecule has 0 heterocycles. The Kier molecular flexibility index (Phi) is 7.88. The Morgan fingerprint density at radius 2 is 1.91 bits per heavy atom. The van der Waals surface area contributed by atoms with Crippen LogP contribution in [0.25, 0.3) is 0 Å². The summed E-state index contributed by atoms with van der Waals surface area (Å²) in [5.74, 6) is -0.162. The SMILES string of the molecule is Cc1cccc(F)c1.[Br][Zn][Br]. The van der Waals surface area contributed by atoms with E-state index in [0.29, 0.717) is 0 Å². The van der Waals surface area contributed by atoms with Gasteiger partial charge < -0.3 is 0 Å². The van der Waals surface area contributed by atoms with Crippen molar-refractivity contribution >= 4 is 27.2 Å². The average molecular weight is 335 g/mol. The third-order valence-corrected chi connectivity index (χ3v) is 0.980. The van der Waals surface area contributed by atoms with Crippen LogP contribution in [0.2, 0.25) is 0 Å². The van der Waals surface area contributed by atoms with Crippen LogP contribution < -0.4 is 0 Å². The monoisotopic (exact) mass is 332 g/mol. The predicted octanol–water partition coefficient (Wildman–Crippen LogP) is 3.82. The molecule has 0 N–H and O–H groups in total. The Bertz CT molecular complexity index is 188. The van der Waals surface area contributed by atoms with Gasteiger partial charge in [-0.1, -0.05) is 12.1 Å². The van der Waals surface area contributed by atoms with E-state index in [1.807, 2.05) is 13.0 Å². The number of rotatable bonds is 0. The first-order valence-corrected chi connectivity index (χ1v) is 16.9. The molecule has 0 aliphatic carbocycles. The molecule has 0 fully saturated rings. The van der Waals surface area contributed by atoms with Crippen LogP contribution in [0.15, 0.2) is 24.3 Å². The first-order valence-electron chi connectivity index (χ1n) is 3.04. The molecule has 58 valence electrons. The van der Waals surface area contributed by atoms with E-state index in [-0.39, 0.29) is 19.0 Å². The third kappa shape index (κ3) is 7.11. The molecule has 1 aromatic carbocycles. The quantitative estimate of drug-likeness (QED) is 0.632. The van der Waals surface area contributed by atoms with E-state index in [1.54, 1.807) is 6.07 Å². The van der Waals surface area contributed by atoms with Gasteiger partial charge in [0.15, 0.2) is 0 Å². The minimum absolute atomic E-state index is 0.162.